The summed E-state index contributed by atoms with van der Waals surface area (Å²) in [6.07, 6.45) is 1.46. The second-order valence-electron chi connectivity index (χ2n) is 3.41. The molecule has 1 atom stereocenters. The van der Waals surface area contributed by atoms with E-state index in [1.165, 1.54) is 0 Å². The SMILES string of the molecule is Cc1ccsc1[C@@H](O)c1cccn1C. The van der Waals surface area contributed by atoms with Crippen LogP contribution < -0.4 is 0 Å². The second kappa shape index (κ2) is 3.59. The largest absolute Gasteiger partial charge is 0.381 e. The highest BCUT2D eigenvalue weighted by atomic mass is 32.1. The van der Waals surface area contributed by atoms with Gasteiger partial charge in [-0.1, -0.05) is 0 Å². The Kier molecular flexibility index (Phi) is 2.44. The lowest BCUT2D eigenvalue weighted by molar-refractivity contribution is 0.214. The molecule has 0 aliphatic carbocycles. The third kappa shape index (κ3) is 1.49. The van der Waals surface area contributed by atoms with Crippen molar-refractivity contribution in [2.45, 2.75) is 13.0 Å². The summed E-state index contributed by atoms with van der Waals surface area (Å²) in [5, 5.41) is 12.1. The number of aryl methyl sites for hydroxylation is 2. The Hall–Kier alpha value is -1.06. The minimum atomic E-state index is -0.491. The predicted octanol–water partition coefficient (Wildman–Crippen LogP) is 2.48. The zero-order valence-corrected chi connectivity index (χ0v) is 9.08. The smallest absolute Gasteiger partial charge is 0.128 e. The third-order valence-corrected chi connectivity index (χ3v) is 3.49. The van der Waals surface area contributed by atoms with Crippen LogP contribution in [0.1, 0.15) is 22.2 Å². The molecule has 0 amide bonds. The average Bonchev–Trinajstić information content (AvgIpc) is 2.73. The summed E-state index contributed by atoms with van der Waals surface area (Å²) in [5.41, 5.74) is 2.10. The molecule has 0 aliphatic rings. The number of thiophene rings is 1. The molecule has 1 N–H and O–H groups in total. The summed E-state index contributed by atoms with van der Waals surface area (Å²) in [6.45, 7) is 2.03. The first-order valence-electron chi connectivity index (χ1n) is 4.53. The van der Waals surface area contributed by atoms with Crippen LogP contribution in [0.5, 0.6) is 0 Å². The highest BCUT2D eigenvalue weighted by Gasteiger charge is 2.15. The van der Waals surface area contributed by atoms with Crippen LogP contribution in [0.15, 0.2) is 29.8 Å². The monoisotopic (exact) mass is 207 g/mol. The fourth-order valence-corrected chi connectivity index (χ4v) is 2.48. The van der Waals surface area contributed by atoms with E-state index in [9.17, 15) is 5.11 Å². The van der Waals surface area contributed by atoms with Crippen LogP contribution in [0.3, 0.4) is 0 Å². The lowest BCUT2D eigenvalue weighted by Gasteiger charge is -2.11. The molecule has 0 unspecified atom stereocenters. The Morgan fingerprint density at radius 2 is 2.21 bits per heavy atom. The molecular weight excluding hydrogens is 194 g/mol. The Labute approximate surface area is 87.4 Å². The van der Waals surface area contributed by atoms with Crippen molar-refractivity contribution in [2.24, 2.45) is 7.05 Å². The first-order chi connectivity index (χ1) is 6.70. The van der Waals surface area contributed by atoms with Crippen molar-refractivity contribution in [3.8, 4) is 0 Å². The van der Waals surface area contributed by atoms with Gasteiger partial charge in [0, 0.05) is 18.1 Å². The molecule has 0 saturated heterocycles. The van der Waals surface area contributed by atoms with Crippen LogP contribution >= 0.6 is 11.3 Å². The van der Waals surface area contributed by atoms with Crippen molar-refractivity contribution in [3.05, 3.63) is 45.9 Å². The van der Waals surface area contributed by atoms with Gasteiger partial charge in [-0.15, -0.1) is 11.3 Å². The van der Waals surface area contributed by atoms with E-state index in [2.05, 4.69) is 0 Å². The maximum Gasteiger partial charge on any atom is 0.128 e. The standard InChI is InChI=1S/C11H13NOS/c1-8-5-7-14-11(8)10(13)9-4-3-6-12(9)2/h3-7,10,13H,1-2H3/t10-/m0/s1. The van der Waals surface area contributed by atoms with E-state index in [1.807, 2.05) is 48.3 Å². The molecule has 0 aromatic carbocycles. The molecule has 2 aromatic heterocycles. The Morgan fingerprint density at radius 1 is 1.43 bits per heavy atom. The highest BCUT2D eigenvalue weighted by Crippen LogP contribution is 2.28. The summed E-state index contributed by atoms with van der Waals surface area (Å²) in [5.74, 6) is 0. The molecular formula is C11H13NOS. The zero-order valence-electron chi connectivity index (χ0n) is 8.27. The summed E-state index contributed by atoms with van der Waals surface area (Å²) in [7, 11) is 1.95. The van der Waals surface area contributed by atoms with Crippen LogP contribution in [-0.4, -0.2) is 9.67 Å². The molecule has 74 valence electrons. The van der Waals surface area contributed by atoms with E-state index in [0.717, 1.165) is 16.1 Å². The van der Waals surface area contributed by atoms with E-state index in [0.29, 0.717) is 0 Å². The van der Waals surface area contributed by atoms with E-state index < -0.39 is 6.10 Å². The number of hydrogen-bond acceptors (Lipinski definition) is 2. The number of hydrogen-bond donors (Lipinski definition) is 1. The topological polar surface area (TPSA) is 25.2 Å². The summed E-state index contributed by atoms with van der Waals surface area (Å²) in [6, 6.07) is 5.93. The molecule has 0 spiro atoms. The molecule has 0 saturated carbocycles. The fraction of sp³-hybridized carbons (Fsp3) is 0.273. The predicted molar refractivity (Wildman–Crippen MR) is 58.5 cm³/mol. The van der Waals surface area contributed by atoms with E-state index >= 15 is 0 Å². The maximum absolute atomic E-state index is 10.1. The molecule has 2 aromatic rings. The van der Waals surface area contributed by atoms with E-state index in [1.54, 1.807) is 11.3 Å². The van der Waals surface area contributed by atoms with Crippen molar-refractivity contribution in [1.82, 2.24) is 4.57 Å². The molecule has 0 fully saturated rings. The highest BCUT2D eigenvalue weighted by molar-refractivity contribution is 7.10. The van der Waals surface area contributed by atoms with E-state index in [-0.39, 0.29) is 0 Å². The maximum atomic E-state index is 10.1. The number of rotatable bonds is 2. The minimum absolute atomic E-state index is 0.491. The van der Waals surface area contributed by atoms with Gasteiger partial charge in [0.25, 0.3) is 0 Å². The van der Waals surface area contributed by atoms with Gasteiger partial charge in [0.1, 0.15) is 6.10 Å². The third-order valence-electron chi connectivity index (χ3n) is 2.41. The van der Waals surface area contributed by atoms with Gasteiger partial charge in [-0.25, -0.2) is 0 Å². The zero-order chi connectivity index (χ0) is 10.1. The van der Waals surface area contributed by atoms with Crippen molar-refractivity contribution >= 4 is 11.3 Å². The van der Waals surface area contributed by atoms with Crippen LogP contribution in [0, 0.1) is 6.92 Å². The first-order valence-corrected chi connectivity index (χ1v) is 5.41. The Morgan fingerprint density at radius 3 is 2.71 bits per heavy atom. The quantitative estimate of drug-likeness (QED) is 0.804. The van der Waals surface area contributed by atoms with E-state index in [4.69, 9.17) is 0 Å². The molecule has 3 heteroatoms. The minimum Gasteiger partial charge on any atom is -0.381 e. The molecule has 2 nitrogen and oxygen atoms in total. The van der Waals surface area contributed by atoms with Crippen LogP contribution in [0.25, 0.3) is 0 Å². The van der Waals surface area contributed by atoms with Crippen molar-refractivity contribution in [1.29, 1.82) is 0 Å². The second-order valence-corrected chi connectivity index (χ2v) is 4.36. The van der Waals surface area contributed by atoms with Gasteiger partial charge in [0.2, 0.25) is 0 Å². The molecule has 0 radical (unpaired) electrons. The summed E-state index contributed by atoms with van der Waals surface area (Å²) < 4.78 is 1.95. The average molecular weight is 207 g/mol. The number of nitrogens with zero attached hydrogens (tertiary/aromatic N) is 1. The number of aliphatic hydroxyl groups excluding tert-OH is 1. The summed E-state index contributed by atoms with van der Waals surface area (Å²) in [4.78, 5) is 1.03. The van der Waals surface area contributed by atoms with Crippen molar-refractivity contribution in [3.63, 3.8) is 0 Å². The van der Waals surface area contributed by atoms with Crippen molar-refractivity contribution in [2.75, 3.05) is 0 Å². The number of aromatic nitrogens is 1. The van der Waals surface area contributed by atoms with Crippen LogP contribution in [0.2, 0.25) is 0 Å². The lowest BCUT2D eigenvalue weighted by atomic mass is 10.1. The van der Waals surface area contributed by atoms with Gasteiger partial charge >= 0.3 is 0 Å². The summed E-state index contributed by atoms with van der Waals surface area (Å²) >= 11 is 1.60. The first kappa shape index (κ1) is 9.49. The Bertz CT molecular complexity index is 390. The van der Waals surface area contributed by atoms with Gasteiger partial charge in [0.05, 0.1) is 5.69 Å². The molecule has 14 heavy (non-hydrogen) atoms. The van der Waals surface area contributed by atoms with Gasteiger partial charge in [-0.2, -0.15) is 0 Å². The normalized spacial score (nSPS) is 13.1. The lowest BCUT2D eigenvalue weighted by Crippen LogP contribution is -2.04. The van der Waals surface area contributed by atoms with Crippen LogP contribution in [0.4, 0.5) is 0 Å². The van der Waals surface area contributed by atoms with Gasteiger partial charge < -0.3 is 9.67 Å². The molecule has 0 bridgehead atoms. The molecule has 2 heterocycles. The Balaban J connectivity index is 2.38. The van der Waals surface area contributed by atoms with Gasteiger partial charge in [-0.3, -0.25) is 0 Å². The molecule has 0 aliphatic heterocycles. The van der Waals surface area contributed by atoms with Crippen molar-refractivity contribution < 1.29 is 5.11 Å². The molecule has 2 rings (SSSR count). The fourth-order valence-electron chi connectivity index (χ4n) is 1.56. The van der Waals surface area contributed by atoms with Gasteiger partial charge in [-0.05, 0) is 36.1 Å². The number of aliphatic hydroxyl groups is 1. The van der Waals surface area contributed by atoms with Gasteiger partial charge in [0.15, 0.2) is 0 Å². The van der Waals surface area contributed by atoms with Crippen LogP contribution in [-0.2, 0) is 7.05 Å².